The minimum absolute atomic E-state index is 0.0789. The third kappa shape index (κ3) is 5.17. The van der Waals surface area contributed by atoms with E-state index in [0.29, 0.717) is 29.1 Å². The van der Waals surface area contributed by atoms with E-state index < -0.39 is 0 Å². The number of phenolic OH excluding ortho intramolecular Hbond substituents is 1. The Morgan fingerprint density at radius 3 is 2.41 bits per heavy atom. The highest BCUT2D eigenvalue weighted by molar-refractivity contribution is 5.55. The molecule has 1 aliphatic heterocycles. The molecule has 1 saturated heterocycles. The molecule has 0 spiro atoms. The monoisotopic (exact) mass is 394 g/mol. The summed E-state index contributed by atoms with van der Waals surface area (Å²) in [7, 11) is 3.87. The molecule has 0 aliphatic carbocycles. The molecule has 4 rings (SSSR count). The Bertz CT molecular complexity index is 977. The lowest BCUT2D eigenvalue weighted by Crippen LogP contribution is -2.52. The molecule has 8 nitrogen and oxygen atoms in total. The van der Waals surface area contributed by atoms with E-state index in [4.69, 9.17) is 5.11 Å². The number of para-hydroxylation sites is 1. The largest absolute Gasteiger partial charge is 0.508 e. The van der Waals surface area contributed by atoms with Gasteiger partial charge in [-0.3, -0.25) is 9.36 Å². The van der Waals surface area contributed by atoms with Crippen molar-refractivity contribution in [3.05, 3.63) is 65.3 Å². The molecule has 3 aromatic rings. The van der Waals surface area contributed by atoms with Crippen LogP contribution in [0.5, 0.6) is 5.75 Å². The highest BCUT2D eigenvalue weighted by Crippen LogP contribution is 2.19. The average Bonchev–Trinajstić information content (AvgIpc) is 2.72. The Balaban J connectivity index is 0.000000290. The zero-order valence-electron chi connectivity index (χ0n) is 16.9. The molecular formula is C21H26N6O2. The van der Waals surface area contributed by atoms with E-state index in [-0.39, 0.29) is 5.56 Å². The summed E-state index contributed by atoms with van der Waals surface area (Å²) in [4.78, 5) is 29.5. The number of rotatable bonds is 2. The highest BCUT2D eigenvalue weighted by Gasteiger charge is 2.25. The van der Waals surface area contributed by atoms with Crippen LogP contribution in [0.2, 0.25) is 0 Å². The van der Waals surface area contributed by atoms with Gasteiger partial charge >= 0.3 is 0 Å². The van der Waals surface area contributed by atoms with Crippen LogP contribution in [0.4, 0.5) is 5.95 Å². The molecule has 29 heavy (non-hydrogen) atoms. The van der Waals surface area contributed by atoms with Crippen LogP contribution in [0.25, 0.3) is 11.4 Å². The zero-order valence-corrected chi connectivity index (χ0v) is 16.9. The molecule has 8 heteroatoms. The number of aromatic nitrogens is 4. The first-order valence-corrected chi connectivity index (χ1v) is 9.49. The van der Waals surface area contributed by atoms with Crippen molar-refractivity contribution >= 4 is 5.95 Å². The predicted octanol–water partition coefficient (Wildman–Crippen LogP) is 1.77. The lowest BCUT2D eigenvalue weighted by Gasteiger charge is -2.39. The number of hydrogen-bond donors (Lipinski definition) is 1. The summed E-state index contributed by atoms with van der Waals surface area (Å²) in [6, 6.07) is 12.3. The lowest BCUT2D eigenvalue weighted by atomic mass is 10.2. The van der Waals surface area contributed by atoms with E-state index >= 15 is 0 Å². The van der Waals surface area contributed by atoms with Crippen molar-refractivity contribution < 1.29 is 5.11 Å². The SMILES string of the molecule is CC1CN(C)CCN1c1nc(-c2ccncn2)cc(=O)n1C.Oc1ccccc1. The van der Waals surface area contributed by atoms with E-state index in [2.05, 4.69) is 38.7 Å². The van der Waals surface area contributed by atoms with Crippen molar-refractivity contribution in [3.63, 3.8) is 0 Å². The fourth-order valence-electron chi connectivity index (χ4n) is 3.22. The van der Waals surface area contributed by atoms with Crippen LogP contribution >= 0.6 is 0 Å². The van der Waals surface area contributed by atoms with Crippen molar-refractivity contribution in [1.82, 2.24) is 24.4 Å². The summed E-state index contributed by atoms with van der Waals surface area (Å²) in [5.41, 5.74) is 1.17. The number of hydrogen-bond acceptors (Lipinski definition) is 7. The van der Waals surface area contributed by atoms with E-state index in [1.165, 1.54) is 12.4 Å². The smallest absolute Gasteiger partial charge is 0.255 e. The number of likely N-dealkylation sites (N-methyl/N-ethyl adjacent to an activating group) is 1. The molecule has 0 bridgehead atoms. The van der Waals surface area contributed by atoms with Crippen molar-refractivity contribution in [3.8, 4) is 17.1 Å². The van der Waals surface area contributed by atoms with Gasteiger partial charge in [-0.05, 0) is 32.2 Å². The first kappa shape index (κ1) is 20.5. The van der Waals surface area contributed by atoms with E-state index in [9.17, 15) is 4.79 Å². The number of phenols is 1. The summed E-state index contributed by atoms with van der Waals surface area (Å²) >= 11 is 0. The standard InChI is InChI=1S/C15H20N6O.C6H6O/c1-11-9-19(2)6-7-21(11)15-18-13(8-14(22)20(15)3)12-4-5-16-10-17-12;7-6-4-2-1-3-5-6/h4-5,8,10-11H,6-7,9H2,1-3H3;1-5,7H. The van der Waals surface area contributed by atoms with Crippen LogP contribution in [-0.2, 0) is 7.05 Å². The van der Waals surface area contributed by atoms with Crippen molar-refractivity contribution in [2.24, 2.45) is 7.05 Å². The van der Waals surface area contributed by atoms with Gasteiger partial charge in [0.2, 0.25) is 5.95 Å². The maximum Gasteiger partial charge on any atom is 0.255 e. The third-order valence-electron chi connectivity index (χ3n) is 4.80. The van der Waals surface area contributed by atoms with Crippen LogP contribution in [0.3, 0.4) is 0 Å². The quantitative estimate of drug-likeness (QED) is 0.709. The van der Waals surface area contributed by atoms with Crippen LogP contribution in [-0.4, -0.2) is 62.2 Å². The Hall–Kier alpha value is -3.26. The summed E-state index contributed by atoms with van der Waals surface area (Å²) in [6.07, 6.45) is 3.12. The molecule has 0 radical (unpaired) electrons. The fourth-order valence-corrected chi connectivity index (χ4v) is 3.22. The van der Waals surface area contributed by atoms with E-state index in [1.54, 1.807) is 48.1 Å². The summed E-state index contributed by atoms with van der Waals surface area (Å²) in [5, 5.41) is 8.63. The first-order valence-electron chi connectivity index (χ1n) is 9.49. The number of benzene rings is 1. The Kier molecular flexibility index (Phi) is 6.56. The zero-order chi connectivity index (χ0) is 20.8. The average molecular weight is 394 g/mol. The van der Waals surface area contributed by atoms with Crippen molar-refractivity contribution in [2.75, 3.05) is 31.6 Å². The van der Waals surface area contributed by atoms with Gasteiger partial charge in [0, 0.05) is 45.0 Å². The molecule has 1 fully saturated rings. The normalized spacial score (nSPS) is 16.8. The van der Waals surface area contributed by atoms with Crippen LogP contribution in [0.1, 0.15) is 6.92 Å². The maximum atomic E-state index is 12.3. The van der Waals surface area contributed by atoms with Gasteiger partial charge in [-0.2, -0.15) is 0 Å². The molecule has 152 valence electrons. The Morgan fingerprint density at radius 1 is 1.07 bits per heavy atom. The maximum absolute atomic E-state index is 12.3. The molecular weight excluding hydrogens is 368 g/mol. The van der Waals surface area contributed by atoms with Crippen molar-refractivity contribution in [2.45, 2.75) is 13.0 Å². The molecule has 1 aromatic carbocycles. The Morgan fingerprint density at radius 2 is 1.83 bits per heavy atom. The molecule has 1 aliphatic rings. The number of nitrogens with zero attached hydrogens (tertiary/aromatic N) is 6. The summed E-state index contributed by atoms with van der Waals surface area (Å²) in [6.45, 7) is 4.91. The van der Waals surface area contributed by atoms with Gasteiger partial charge in [0.25, 0.3) is 5.56 Å². The molecule has 1 unspecified atom stereocenters. The van der Waals surface area contributed by atoms with Gasteiger partial charge in [0.1, 0.15) is 12.1 Å². The minimum atomic E-state index is -0.0789. The second-order valence-corrected chi connectivity index (χ2v) is 7.07. The summed E-state index contributed by atoms with van der Waals surface area (Å²) in [5.74, 6) is 1.02. The van der Waals surface area contributed by atoms with Gasteiger partial charge in [-0.15, -0.1) is 0 Å². The number of anilines is 1. The van der Waals surface area contributed by atoms with Gasteiger partial charge in [-0.1, -0.05) is 18.2 Å². The number of piperazine rings is 1. The van der Waals surface area contributed by atoms with Crippen LogP contribution in [0.15, 0.2) is 59.8 Å². The first-order chi connectivity index (χ1) is 14.0. The molecule has 0 saturated carbocycles. The van der Waals surface area contributed by atoms with Gasteiger partial charge in [0.15, 0.2) is 0 Å². The molecule has 3 heterocycles. The number of aromatic hydroxyl groups is 1. The second-order valence-electron chi connectivity index (χ2n) is 7.07. The third-order valence-corrected chi connectivity index (χ3v) is 4.80. The van der Waals surface area contributed by atoms with Gasteiger partial charge < -0.3 is 14.9 Å². The summed E-state index contributed by atoms with van der Waals surface area (Å²) < 4.78 is 1.60. The second kappa shape index (κ2) is 9.29. The minimum Gasteiger partial charge on any atom is -0.508 e. The van der Waals surface area contributed by atoms with Gasteiger partial charge in [0.05, 0.1) is 11.4 Å². The van der Waals surface area contributed by atoms with Gasteiger partial charge in [-0.25, -0.2) is 15.0 Å². The highest BCUT2D eigenvalue weighted by atomic mass is 16.3. The lowest BCUT2D eigenvalue weighted by molar-refractivity contribution is 0.272. The van der Waals surface area contributed by atoms with Crippen LogP contribution < -0.4 is 10.5 Å². The molecule has 1 atom stereocenters. The molecule has 1 N–H and O–H groups in total. The van der Waals surface area contributed by atoms with Crippen LogP contribution in [0, 0.1) is 0 Å². The topological polar surface area (TPSA) is 87.4 Å². The predicted molar refractivity (Wildman–Crippen MR) is 113 cm³/mol. The van der Waals surface area contributed by atoms with E-state index in [1.807, 2.05) is 6.07 Å². The Labute approximate surface area is 170 Å². The molecule has 2 aromatic heterocycles. The molecule has 0 amide bonds. The fraction of sp³-hybridized carbons (Fsp3) is 0.333. The van der Waals surface area contributed by atoms with Crippen molar-refractivity contribution in [1.29, 1.82) is 0 Å². The van der Waals surface area contributed by atoms with E-state index in [0.717, 1.165) is 19.6 Å².